The molecule has 3 rings (SSSR count). The van der Waals surface area contributed by atoms with Crippen LogP contribution in [0.5, 0.6) is 0 Å². The maximum absolute atomic E-state index is 10.9. The highest BCUT2D eigenvalue weighted by Gasteiger charge is 2.19. The van der Waals surface area contributed by atoms with Crippen LogP contribution in [0, 0.1) is 6.92 Å². The normalized spacial score (nSPS) is 12.5. The Hall–Kier alpha value is -2.58. The first-order valence-electron chi connectivity index (χ1n) is 7.72. The number of carbonyl (C=O) groups is 1. The molecule has 8 heteroatoms. The zero-order chi connectivity index (χ0) is 18.0. The van der Waals surface area contributed by atoms with Crippen LogP contribution in [0.2, 0.25) is 0 Å². The predicted molar refractivity (Wildman–Crippen MR) is 93.4 cm³/mol. The van der Waals surface area contributed by atoms with Gasteiger partial charge in [-0.1, -0.05) is 17.3 Å². The first-order chi connectivity index (χ1) is 11.9. The summed E-state index contributed by atoms with van der Waals surface area (Å²) in [6.07, 6.45) is 0. The summed E-state index contributed by atoms with van der Waals surface area (Å²) in [6.45, 7) is 4.44. The van der Waals surface area contributed by atoms with Crippen molar-refractivity contribution in [2.45, 2.75) is 26.4 Å². The molecule has 7 nitrogen and oxygen atoms in total. The second-order valence-electron chi connectivity index (χ2n) is 5.80. The van der Waals surface area contributed by atoms with Gasteiger partial charge in [-0.2, -0.15) is 4.98 Å². The SMILES string of the molecule is Cc1noc(C(C)N(C)Cc2csc(-c3ccc(C(=O)O)cc3)n2)n1. The van der Waals surface area contributed by atoms with Gasteiger partial charge in [0.25, 0.3) is 0 Å². The molecule has 0 saturated heterocycles. The van der Waals surface area contributed by atoms with Gasteiger partial charge in [0, 0.05) is 17.5 Å². The molecule has 0 aliphatic carbocycles. The van der Waals surface area contributed by atoms with E-state index in [-0.39, 0.29) is 11.6 Å². The number of rotatable bonds is 6. The van der Waals surface area contributed by atoms with Crippen LogP contribution in [0.25, 0.3) is 10.6 Å². The number of nitrogens with zero attached hydrogens (tertiary/aromatic N) is 4. The first kappa shape index (κ1) is 17.2. The van der Waals surface area contributed by atoms with E-state index in [1.165, 1.54) is 11.3 Å². The lowest BCUT2D eigenvalue weighted by atomic mass is 10.1. The van der Waals surface area contributed by atoms with Crippen LogP contribution in [0.1, 0.15) is 40.7 Å². The molecule has 0 aliphatic rings. The predicted octanol–water partition coefficient (Wildman–Crippen LogP) is 3.39. The quantitative estimate of drug-likeness (QED) is 0.722. The maximum atomic E-state index is 10.9. The molecule has 1 unspecified atom stereocenters. The fourth-order valence-electron chi connectivity index (χ4n) is 2.33. The summed E-state index contributed by atoms with van der Waals surface area (Å²) in [5, 5.41) is 15.6. The van der Waals surface area contributed by atoms with Crippen molar-refractivity contribution in [3.05, 3.63) is 52.6 Å². The van der Waals surface area contributed by atoms with Gasteiger partial charge in [0.1, 0.15) is 5.01 Å². The Morgan fingerprint density at radius 1 is 1.32 bits per heavy atom. The highest BCUT2D eigenvalue weighted by molar-refractivity contribution is 7.13. The third-order valence-electron chi connectivity index (χ3n) is 3.90. The van der Waals surface area contributed by atoms with Crippen molar-refractivity contribution in [2.75, 3.05) is 7.05 Å². The van der Waals surface area contributed by atoms with Crippen molar-refractivity contribution in [3.63, 3.8) is 0 Å². The minimum Gasteiger partial charge on any atom is -0.478 e. The van der Waals surface area contributed by atoms with Crippen LogP contribution < -0.4 is 0 Å². The van der Waals surface area contributed by atoms with E-state index in [1.807, 2.05) is 19.4 Å². The molecule has 0 spiro atoms. The zero-order valence-corrected chi connectivity index (χ0v) is 14.9. The standard InChI is InChI=1S/C17H18N4O3S/c1-10(15-18-11(2)20-24-15)21(3)8-14-9-25-16(19-14)12-4-6-13(7-5-12)17(22)23/h4-7,9-10H,8H2,1-3H3,(H,22,23). The number of benzene rings is 1. The van der Waals surface area contributed by atoms with Gasteiger partial charge in [-0.25, -0.2) is 9.78 Å². The van der Waals surface area contributed by atoms with Crippen LogP contribution >= 0.6 is 11.3 Å². The minimum absolute atomic E-state index is 0.0128. The topological polar surface area (TPSA) is 92.4 Å². The summed E-state index contributed by atoms with van der Waals surface area (Å²) >= 11 is 1.53. The molecule has 3 aromatic rings. The second kappa shape index (κ2) is 7.12. The molecular formula is C17H18N4O3S. The van der Waals surface area contributed by atoms with Gasteiger partial charge in [-0.3, -0.25) is 4.90 Å². The third kappa shape index (κ3) is 3.92. The van der Waals surface area contributed by atoms with Crippen molar-refractivity contribution < 1.29 is 14.4 Å². The van der Waals surface area contributed by atoms with E-state index in [1.54, 1.807) is 31.2 Å². The lowest BCUT2D eigenvalue weighted by Gasteiger charge is -2.20. The average Bonchev–Trinajstić information content (AvgIpc) is 3.23. The fraction of sp³-hybridized carbons (Fsp3) is 0.294. The third-order valence-corrected chi connectivity index (χ3v) is 4.84. The highest BCUT2D eigenvalue weighted by Crippen LogP contribution is 2.26. The van der Waals surface area contributed by atoms with E-state index in [9.17, 15) is 4.79 Å². The van der Waals surface area contributed by atoms with Crippen molar-refractivity contribution in [2.24, 2.45) is 0 Å². The molecule has 130 valence electrons. The summed E-state index contributed by atoms with van der Waals surface area (Å²) < 4.78 is 5.22. The number of hydrogen-bond acceptors (Lipinski definition) is 7. The molecule has 0 amide bonds. The molecule has 0 saturated carbocycles. The molecule has 1 atom stereocenters. The smallest absolute Gasteiger partial charge is 0.335 e. The van der Waals surface area contributed by atoms with E-state index in [0.717, 1.165) is 16.3 Å². The number of aromatic nitrogens is 3. The van der Waals surface area contributed by atoms with E-state index < -0.39 is 5.97 Å². The van der Waals surface area contributed by atoms with Crippen molar-refractivity contribution >= 4 is 17.3 Å². The molecule has 0 aliphatic heterocycles. The molecule has 1 aromatic carbocycles. The second-order valence-corrected chi connectivity index (χ2v) is 6.66. The Kier molecular flexibility index (Phi) is 4.91. The van der Waals surface area contributed by atoms with Gasteiger partial charge in [-0.15, -0.1) is 11.3 Å². The Labute approximate surface area is 148 Å². The number of thiazole rings is 1. The molecule has 2 heterocycles. The maximum Gasteiger partial charge on any atom is 0.335 e. The monoisotopic (exact) mass is 358 g/mol. The largest absolute Gasteiger partial charge is 0.478 e. The van der Waals surface area contributed by atoms with Crippen LogP contribution in [-0.2, 0) is 6.54 Å². The van der Waals surface area contributed by atoms with E-state index in [0.29, 0.717) is 18.3 Å². The van der Waals surface area contributed by atoms with Crippen LogP contribution in [0.15, 0.2) is 34.2 Å². The molecule has 25 heavy (non-hydrogen) atoms. The van der Waals surface area contributed by atoms with Crippen molar-refractivity contribution in [1.82, 2.24) is 20.0 Å². The number of aromatic carboxylic acids is 1. The molecule has 2 aromatic heterocycles. The van der Waals surface area contributed by atoms with E-state index in [4.69, 9.17) is 9.63 Å². The van der Waals surface area contributed by atoms with Crippen molar-refractivity contribution in [1.29, 1.82) is 0 Å². The number of hydrogen-bond donors (Lipinski definition) is 1. The molecule has 0 bridgehead atoms. The molecule has 1 N–H and O–H groups in total. The minimum atomic E-state index is -0.932. The van der Waals surface area contributed by atoms with E-state index >= 15 is 0 Å². The van der Waals surface area contributed by atoms with Gasteiger partial charge in [0.15, 0.2) is 5.82 Å². The van der Waals surface area contributed by atoms with Gasteiger partial charge >= 0.3 is 5.97 Å². The first-order valence-corrected chi connectivity index (χ1v) is 8.60. The summed E-state index contributed by atoms with van der Waals surface area (Å²) in [5.41, 5.74) is 2.11. The zero-order valence-electron chi connectivity index (χ0n) is 14.1. The summed E-state index contributed by atoms with van der Waals surface area (Å²) in [4.78, 5) is 21.9. The lowest BCUT2D eigenvalue weighted by Crippen LogP contribution is -2.22. The highest BCUT2D eigenvalue weighted by atomic mass is 32.1. The molecule has 0 radical (unpaired) electrons. The van der Waals surface area contributed by atoms with Crippen LogP contribution in [0.4, 0.5) is 0 Å². The number of aryl methyl sites for hydroxylation is 1. The van der Waals surface area contributed by atoms with Gasteiger partial charge in [0.2, 0.25) is 5.89 Å². The van der Waals surface area contributed by atoms with Gasteiger partial charge in [-0.05, 0) is 33.0 Å². The van der Waals surface area contributed by atoms with Crippen molar-refractivity contribution in [3.8, 4) is 10.6 Å². The summed E-state index contributed by atoms with van der Waals surface area (Å²) in [6, 6.07) is 6.72. The summed E-state index contributed by atoms with van der Waals surface area (Å²) in [7, 11) is 1.98. The summed E-state index contributed by atoms with van der Waals surface area (Å²) in [5.74, 6) is 0.272. The van der Waals surface area contributed by atoms with Gasteiger partial charge in [0.05, 0.1) is 17.3 Å². The van der Waals surface area contributed by atoms with E-state index in [2.05, 4.69) is 20.0 Å². The Bertz CT molecular complexity index is 872. The lowest BCUT2D eigenvalue weighted by molar-refractivity contribution is 0.0697. The van der Waals surface area contributed by atoms with Crippen LogP contribution in [-0.4, -0.2) is 38.1 Å². The van der Waals surface area contributed by atoms with Gasteiger partial charge < -0.3 is 9.63 Å². The fourth-order valence-corrected chi connectivity index (χ4v) is 3.15. The van der Waals surface area contributed by atoms with Crippen LogP contribution in [0.3, 0.4) is 0 Å². The Morgan fingerprint density at radius 3 is 2.64 bits per heavy atom. The number of carboxylic acids is 1. The molecular weight excluding hydrogens is 340 g/mol. The average molecular weight is 358 g/mol. The Balaban J connectivity index is 1.69. The molecule has 0 fully saturated rings. The Morgan fingerprint density at radius 2 is 2.04 bits per heavy atom. The number of carboxylic acid groups (broad SMARTS) is 1.